The molecule has 0 bridgehead atoms. The summed E-state index contributed by atoms with van der Waals surface area (Å²) in [7, 11) is 1.25. The minimum Gasteiger partial charge on any atom is -0.481 e. The molecule has 0 spiro atoms. The number of nitro groups is 1. The number of rotatable bonds is 3. The van der Waals surface area contributed by atoms with Gasteiger partial charge in [0.2, 0.25) is 5.88 Å². The van der Waals surface area contributed by atoms with Crippen LogP contribution in [0.2, 0.25) is 0 Å². The van der Waals surface area contributed by atoms with Crippen LogP contribution in [0.15, 0.2) is 6.07 Å². The van der Waals surface area contributed by atoms with Gasteiger partial charge in [0.1, 0.15) is 0 Å². The predicted octanol–water partition coefficient (Wildman–Crippen LogP) is 2.54. The van der Waals surface area contributed by atoms with Gasteiger partial charge in [0, 0.05) is 6.07 Å². The summed E-state index contributed by atoms with van der Waals surface area (Å²) in [6.07, 6.45) is -3.01. The molecule has 1 heterocycles. The van der Waals surface area contributed by atoms with Crippen LogP contribution in [0.3, 0.4) is 0 Å². The van der Waals surface area contributed by atoms with Crippen LogP contribution in [0, 0.1) is 13.7 Å². The molecular formula is C7H5F2IN2O3. The largest absolute Gasteiger partial charge is 0.481 e. The van der Waals surface area contributed by atoms with Crippen LogP contribution in [-0.2, 0) is 0 Å². The Labute approximate surface area is 96.7 Å². The highest BCUT2D eigenvalue weighted by molar-refractivity contribution is 14.1. The van der Waals surface area contributed by atoms with Crippen molar-refractivity contribution < 1.29 is 18.4 Å². The molecule has 0 unspecified atom stereocenters. The van der Waals surface area contributed by atoms with Gasteiger partial charge in [-0.05, 0) is 22.6 Å². The van der Waals surface area contributed by atoms with Crippen LogP contribution >= 0.6 is 22.6 Å². The lowest BCUT2D eigenvalue weighted by atomic mass is 10.3. The quantitative estimate of drug-likeness (QED) is 0.485. The van der Waals surface area contributed by atoms with Gasteiger partial charge in [0.05, 0.1) is 15.6 Å². The van der Waals surface area contributed by atoms with E-state index in [1.807, 2.05) is 0 Å². The first-order chi connectivity index (χ1) is 6.97. The predicted molar refractivity (Wildman–Crippen MR) is 55.1 cm³/mol. The third kappa shape index (κ3) is 2.49. The van der Waals surface area contributed by atoms with Gasteiger partial charge in [-0.1, -0.05) is 0 Å². The van der Waals surface area contributed by atoms with Gasteiger partial charge in [0.15, 0.2) is 5.69 Å². The maximum Gasteiger partial charge on any atom is 0.310 e. The van der Waals surface area contributed by atoms with E-state index in [1.165, 1.54) is 13.2 Å². The van der Waals surface area contributed by atoms with Crippen LogP contribution < -0.4 is 4.74 Å². The number of methoxy groups -OCH3 is 1. The van der Waals surface area contributed by atoms with E-state index in [0.717, 1.165) is 0 Å². The molecule has 0 radical (unpaired) electrons. The van der Waals surface area contributed by atoms with Crippen molar-refractivity contribution >= 4 is 28.3 Å². The van der Waals surface area contributed by atoms with Crippen molar-refractivity contribution in [3.63, 3.8) is 0 Å². The van der Waals surface area contributed by atoms with Crippen molar-refractivity contribution in [1.29, 1.82) is 0 Å². The van der Waals surface area contributed by atoms with Gasteiger partial charge < -0.3 is 4.74 Å². The molecule has 0 aliphatic carbocycles. The van der Waals surface area contributed by atoms with Gasteiger partial charge in [0.25, 0.3) is 6.43 Å². The number of alkyl halides is 2. The van der Waals surface area contributed by atoms with E-state index in [4.69, 9.17) is 0 Å². The molecule has 5 nitrogen and oxygen atoms in total. The third-order valence-corrected chi connectivity index (χ3v) is 2.37. The zero-order valence-corrected chi connectivity index (χ0v) is 9.57. The van der Waals surface area contributed by atoms with Gasteiger partial charge in [-0.15, -0.1) is 0 Å². The fourth-order valence-corrected chi connectivity index (χ4v) is 1.68. The zero-order valence-electron chi connectivity index (χ0n) is 7.41. The number of nitrogens with zero attached hydrogens (tertiary/aromatic N) is 2. The summed E-state index contributed by atoms with van der Waals surface area (Å²) in [5.41, 5.74) is -1.55. The summed E-state index contributed by atoms with van der Waals surface area (Å²) in [6.45, 7) is 0. The monoisotopic (exact) mass is 330 g/mol. The zero-order chi connectivity index (χ0) is 11.6. The number of halogens is 3. The maximum atomic E-state index is 12.5. The second-order valence-electron chi connectivity index (χ2n) is 2.44. The van der Waals surface area contributed by atoms with Crippen LogP contribution in [0.1, 0.15) is 12.1 Å². The second kappa shape index (κ2) is 4.64. The summed E-state index contributed by atoms with van der Waals surface area (Å²) in [6, 6.07) is 1.23. The molecule has 0 atom stereocenters. The number of ether oxygens (including phenoxy) is 1. The Kier molecular flexibility index (Phi) is 3.72. The van der Waals surface area contributed by atoms with E-state index in [1.54, 1.807) is 22.6 Å². The first kappa shape index (κ1) is 12.0. The molecule has 1 aromatic rings. The highest BCUT2D eigenvalue weighted by Crippen LogP contribution is 2.33. The average molecular weight is 330 g/mol. The molecule has 82 valence electrons. The van der Waals surface area contributed by atoms with Gasteiger partial charge in [-0.2, -0.15) is 0 Å². The molecule has 1 aromatic heterocycles. The topological polar surface area (TPSA) is 65.3 Å². The SMILES string of the molecule is COc1cc(I)c([N+](=O)[O-])c(C(F)F)n1. The molecule has 0 saturated carbocycles. The molecule has 1 rings (SSSR count). The van der Waals surface area contributed by atoms with E-state index in [9.17, 15) is 18.9 Å². The first-order valence-corrected chi connectivity index (χ1v) is 4.72. The minimum absolute atomic E-state index is 0.0692. The van der Waals surface area contributed by atoms with Gasteiger partial charge in [-0.25, -0.2) is 13.8 Å². The fraction of sp³-hybridized carbons (Fsp3) is 0.286. The van der Waals surface area contributed by atoms with Crippen molar-refractivity contribution in [1.82, 2.24) is 4.98 Å². The van der Waals surface area contributed by atoms with Crippen LogP contribution in [-0.4, -0.2) is 17.0 Å². The van der Waals surface area contributed by atoms with Crippen LogP contribution in [0.4, 0.5) is 14.5 Å². The summed E-state index contributed by atoms with van der Waals surface area (Å²) in [4.78, 5) is 13.0. The van der Waals surface area contributed by atoms with Crippen molar-refractivity contribution in [2.45, 2.75) is 6.43 Å². The minimum atomic E-state index is -3.01. The van der Waals surface area contributed by atoms with Crippen molar-refractivity contribution in [3.8, 4) is 5.88 Å². The van der Waals surface area contributed by atoms with E-state index in [-0.39, 0.29) is 9.45 Å². The summed E-state index contributed by atoms with van der Waals surface area (Å²) in [5.74, 6) is -0.0692. The van der Waals surface area contributed by atoms with Crippen molar-refractivity contribution in [3.05, 3.63) is 25.4 Å². The normalized spacial score (nSPS) is 10.5. The number of hydrogen-bond acceptors (Lipinski definition) is 4. The summed E-state index contributed by atoms with van der Waals surface area (Å²) in [5, 5.41) is 10.5. The van der Waals surface area contributed by atoms with E-state index >= 15 is 0 Å². The average Bonchev–Trinajstić information content (AvgIpc) is 2.15. The van der Waals surface area contributed by atoms with E-state index < -0.39 is 22.7 Å². The molecule has 0 aromatic carbocycles. The number of pyridine rings is 1. The van der Waals surface area contributed by atoms with E-state index in [2.05, 4.69) is 9.72 Å². The molecular weight excluding hydrogens is 325 g/mol. The number of aromatic nitrogens is 1. The summed E-state index contributed by atoms with van der Waals surface area (Å²) >= 11 is 1.59. The fourth-order valence-electron chi connectivity index (χ4n) is 0.941. The standard InChI is InChI=1S/C7H5F2IN2O3/c1-15-4-2-3(10)6(12(13)14)5(11-4)7(8)9/h2,7H,1H3. The highest BCUT2D eigenvalue weighted by atomic mass is 127. The molecule has 0 saturated heterocycles. The molecule has 0 aliphatic heterocycles. The molecule has 8 heteroatoms. The highest BCUT2D eigenvalue weighted by Gasteiger charge is 2.28. The Balaban J connectivity index is 3.42. The van der Waals surface area contributed by atoms with Crippen LogP contribution in [0.5, 0.6) is 5.88 Å². The van der Waals surface area contributed by atoms with Crippen molar-refractivity contribution in [2.75, 3.05) is 7.11 Å². The van der Waals surface area contributed by atoms with Gasteiger partial charge >= 0.3 is 5.69 Å². The van der Waals surface area contributed by atoms with E-state index in [0.29, 0.717) is 0 Å². The Morgan fingerprint density at radius 2 is 2.27 bits per heavy atom. The Morgan fingerprint density at radius 1 is 1.67 bits per heavy atom. The maximum absolute atomic E-state index is 12.5. The smallest absolute Gasteiger partial charge is 0.310 e. The lowest BCUT2D eigenvalue weighted by molar-refractivity contribution is -0.387. The number of hydrogen-bond donors (Lipinski definition) is 0. The van der Waals surface area contributed by atoms with Gasteiger partial charge in [-0.3, -0.25) is 10.1 Å². The second-order valence-corrected chi connectivity index (χ2v) is 3.60. The first-order valence-electron chi connectivity index (χ1n) is 3.64. The Hall–Kier alpha value is -1.06. The molecule has 0 amide bonds. The molecule has 0 fully saturated rings. The van der Waals surface area contributed by atoms with Crippen molar-refractivity contribution in [2.24, 2.45) is 0 Å². The molecule has 0 aliphatic rings. The summed E-state index contributed by atoms with van der Waals surface area (Å²) < 4.78 is 29.6. The lowest BCUT2D eigenvalue weighted by Crippen LogP contribution is -2.03. The molecule has 15 heavy (non-hydrogen) atoms. The Morgan fingerprint density at radius 3 is 2.67 bits per heavy atom. The Bertz CT molecular complexity index is 400. The van der Waals surface area contributed by atoms with Crippen LogP contribution in [0.25, 0.3) is 0 Å². The molecule has 0 N–H and O–H groups in total. The third-order valence-electron chi connectivity index (χ3n) is 1.55. The lowest BCUT2D eigenvalue weighted by Gasteiger charge is -2.05.